The maximum absolute atomic E-state index is 12.1. The van der Waals surface area contributed by atoms with E-state index in [4.69, 9.17) is 9.47 Å². The summed E-state index contributed by atoms with van der Waals surface area (Å²) in [5.41, 5.74) is -0.693. The molecule has 30 heavy (non-hydrogen) atoms. The second-order valence-electron chi connectivity index (χ2n) is 5.77. The van der Waals surface area contributed by atoms with E-state index in [1.54, 1.807) is 0 Å². The molecule has 0 aliphatic heterocycles. The number of carbonyl (C=O) groups excluding carboxylic acids is 1. The minimum atomic E-state index is -0.790. The van der Waals surface area contributed by atoms with Crippen LogP contribution in [0.4, 0.5) is 11.4 Å². The Hall–Kier alpha value is -4.41. The standard InChI is InChI=1S/C19H16N2O9/c1-29-16-9-11(7-14(18(16)23)20(25)26)3-5-13(22)6-4-12-8-15(21(27)28)19(24)17(10-12)30-2/h3-10,23-24H,1-2H3/b5-3+,6-4+. The summed E-state index contributed by atoms with van der Waals surface area (Å²) in [5, 5.41) is 41.5. The van der Waals surface area contributed by atoms with Gasteiger partial charge in [-0.3, -0.25) is 25.0 Å². The van der Waals surface area contributed by atoms with E-state index in [1.165, 1.54) is 38.5 Å². The zero-order valence-electron chi connectivity index (χ0n) is 15.8. The number of allylic oxidation sites excluding steroid dienone is 2. The molecule has 2 N–H and O–H groups in total. The number of nitro benzene ring substituents is 2. The molecule has 0 spiro atoms. The Balaban J connectivity index is 2.28. The van der Waals surface area contributed by atoms with E-state index in [9.17, 15) is 35.2 Å². The van der Waals surface area contributed by atoms with Crippen LogP contribution in [0.5, 0.6) is 23.0 Å². The molecule has 11 heteroatoms. The average molecular weight is 416 g/mol. The summed E-state index contributed by atoms with van der Waals surface area (Å²) < 4.78 is 9.75. The monoisotopic (exact) mass is 416 g/mol. The van der Waals surface area contributed by atoms with E-state index < -0.39 is 38.5 Å². The van der Waals surface area contributed by atoms with Crippen molar-refractivity contribution in [1.82, 2.24) is 0 Å². The number of phenolic OH excluding ortho intramolecular Hbond substituents is 2. The summed E-state index contributed by atoms with van der Waals surface area (Å²) in [5.74, 6) is -2.05. The number of hydrogen-bond acceptors (Lipinski definition) is 9. The summed E-state index contributed by atoms with van der Waals surface area (Å²) in [7, 11) is 2.45. The van der Waals surface area contributed by atoms with Crippen LogP contribution in [0.2, 0.25) is 0 Å². The predicted octanol–water partition coefficient (Wildman–Crippen LogP) is 3.23. The van der Waals surface area contributed by atoms with Crippen LogP contribution in [-0.2, 0) is 4.79 Å². The number of aromatic hydroxyl groups is 2. The lowest BCUT2D eigenvalue weighted by Crippen LogP contribution is -1.94. The van der Waals surface area contributed by atoms with Crippen LogP contribution in [0.3, 0.4) is 0 Å². The first-order valence-corrected chi connectivity index (χ1v) is 8.18. The fourth-order valence-corrected chi connectivity index (χ4v) is 2.42. The van der Waals surface area contributed by atoms with E-state index in [2.05, 4.69) is 0 Å². The third kappa shape index (κ3) is 4.90. The van der Waals surface area contributed by atoms with Gasteiger partial charge in [0.2, 0.25) is 11.5 Å². The van der Waals surface area contributed by atoms with Crippen LogP contribution in [0.15, 0.2) is 36.4 Å². The van der Waals surface area contributed by atoms with E-state index >= 15 is 0 Å². The molecule has 2 rings (SSSR count). The molecule has 0 bridgehead atoms. The zero-order chi connectivity index (χ0) is 22.4. The number of phenols is 2. The van der Waals surface area contributed by atoms with Gasteiger partial charge in [-0.1, -0.05) is 12.2 Å². The van der Waals surface area contributed by atoms with Gasteiger partial charge in [0, 0.05) is 12.1 Å². The molecule has 0 fully saturated rings. The average Bonchev–Trinajstić information content (AvgIpc) is 2.71. The minimum Gasteiger partial charge on any atom is -0.500 e. The summed E-state index contributed by atoms with van der Waals surface area (Å²) in [6.45, 7) is 0. The normalized spacial score (nSPS) is 11.0. The van der Waals surface area contributed by atoms with Crippen LogP contribution < -0.4 is 9.47 Å². The predicted molar refractivity (Wildman–Crippen MR) is 106 cm³/mol. The summed E-state index contributed by atoms with van der Waals surface area (Å²) in [4.78, 5) is 32.5. The van der Waals surface area contributed by atoms with Crippen LogP contribution in [0, 0.1) is 20.2 Å². The van der Waals surface area contributed by atoms with Crippen molar-refractivity contribution in [2.45, 2.75) is 0 Å². The topological polar surface area (TPSA) is 162 Å². The molecule has 0 amide bonds. The SMILES string of the molecule is COc1cc(/C=C/C(=O)/C=C/c2cc(OC)c(O)c([N+](=O)[O-])c2)cc([N+](=O)[O-])c1O. The molecule has 0 unspecified atom stereocenters. The lowest BCUT2D eigenvalue weighted by molar-refractivity contribution is -0.386. The molecular weight excluding hydrogens is 400 g/mol. The number of nitro groups is 2. The summed E-state index contributed by atoms with van der Waals surface area (Å²) >= 11 is 0. The zero-order valence-corrected chi connectivity index (χ0v) is 15.8. The smallest absolute Gasteiger partial charge is 0.315 e. The molecule has 0 saturated heterocycles. The Morgan fingerprint density at radius 3 is 1.50 bits per heavy atom. The first-order chi connectivity index (χ1) is 14.2. The molecule has 0 aromatic heterocycles. The molecule has 0 atom stereocenters. The van der Waals surface area contributed by atoms with Gasteiger partial charge in [-0.15, -0.1) is 0 Å². The molecule has 156 valence electrons. The maximum Gasteiger partial charge on any atom is 0.315 e. The summed E-state index contributed by atoms with van der Waals surface area (Å²) in [6, 6.07) is 4.76. The highest BCUT2D eigenvalue weighted by atomic mass is 16.6. The van der Waals surface area contributed by atoms with Crippen molar-refractivity contribution in [1.29, 1.82) is 0 Å². The van der Waals surface area contributed by atoms with Crippen LogP contribution in [0.1, 0.15) is 11.1 Å². The Morgan fingerprint density at radius 1 is 0.833 bits per heavy atom. The van der Waals surface area contributed by atoms with Gasteiger partial charge in [-0.2, -0.15) is 0 Å². The van der Waals surface area contributed by atoms with Crippen molar-refractivity contribution >= 4 is 29.3 Å². The maximum atomic E-state index is 12.1. The lowest BCUT2D eigenvalue weighted by atomic mass is 10.1. The van der Waals surface area contributed by atoms with E-state index in [1.807, 2.05) is 0 Å². The second kappa shape index (κ2) is 9.19. The fourth-order valence-electron chi connectivity index (χ4n) is 2.42. The Morgan fingerprint density at radius 2 is 1.20 bits per heavy atom. The van der Waals surface area contributed by atoms with Crippen molar-refractivity contribution in [3.63, 3.8) is 0 Å². The largest absolute Gasteiger partial charge is 0.500 e. The van der Waals surface area contributed by atoms with Gasteiger partial charge in [-0.05, 0) is 35.4 Å². The van der Waals surface area contributed by atoms with Gasteiger partial charge in [0.15, 0.2) is 17.3 Å². The van der Waals surface area contributed by atoms with E-state index in [0.717, 1.165) is 24.3 Å². The van der Waals surface area contributed by atoms with Crippen molar-refractivity contribution in [2.75, 3.05) is 14.2 Å². The second-order valence-corrected chi connectivity index (χ2v) is 5.77. The number of methoxy groups -OCH3 is 2. The third-order valence-electron chi connectivity index (χ3n) is 3.87. The quantitative estimate of drug-likeness (QED) is 0.373. The highest BCUT2D eigenvalue weighted by Gasteiger charge is 2.20. The third-order valence-corrected chi connectivity index (χ3v) is 3.87. The van der Waals surface area contributed by atoms with E-state index in [0.29, 0.717) is 0 Å². The van der Waals surface area contributed by atoms with Crippen molar-refractivity contribution in [3.8, 4) is 23.0 Å². The highest BCUT2D eigenvalue weighted by molar-refractivity contribution is 6.04. The van der Waals surface area contributed by atoms with Gasteiger partial charge >= 0.3 is 11.4 Å². The lowest BCUT2D eigenvalue weighted by Gasteiger charge is -2.05. The fraction of sp³-hybridized carbons (Fsp3) is 0.105. The first-order valence-electron chi connectivity index (χ1n) is 8.18. The van der Waals surface area contributed by atoms with Crippen LogP contribution in [0.25, 0.3) is 12.2 Å². The summed E-state index contributed by atoms with van der Waals surface area (Å²) in [6.07, 6.45) is 4.78. The molecule has 11 nitrogen and oxygen atoms in total. The molecular formula is C19H16N2O9. The number of rotatable bonds is 8. The van der Waals surface area contributed by atoms with Gasteiger partial charge in [0.25, 0.3) is 0 Å². The van der Waals surface area contributed by atoms with Gasteiger partial charge in [-0.25, -0.2) is 0 Å². The molecule has 0 radical (unpaired) electrons. The number of ketones is 1. The Kier molecular flexibility index (Phi) is 6.70. The number of hydrogen-bond donors (Lipinski definition) is 2. The number of ether oxygens (including phenoxy) is 2. The van der Waals surface area contributed by atoms with Gasteiger partial charge in [0.05, 0.1) is 24.1 Å². The molecule has 0 heterocycles. The van der Waals surface area contributed by atoms with Crippen molar-refractivity contribution < 1.29 is 34.3 Å². The Labute approximate surface area is 169 Å². The number of nitrogens with zero attached hydrogens (tertiary/aromatic N) is 2. The van der Waals surface area contributed by atoms with Crippen molar-refractivity contribution in [2.24, 2.45) is 0 Å². The van der Waals surface area contributed by atoms with Gasteiger partial charge < -0.3 is 19.7 Å². The number of carbonyl (C=O) groups is 1. The molecule has 2 aromatic rings. The van der Waals surface area contributed by atoms with Crippen LogP contribution >= 0.6 is 0 Å². The van der Waals surface area contributed by atoms with Crippen molar-refractivity contribution in [3.05, 3.63) is 67.8 Å². The van der Waals surface area contributed by atoms with Crippen LogP contribution in [-0.4, -0.2) is 40.1 Å². The molecule has 0 saturated carbocycles. The minimum absolute atomic E-state index is 0.129. The highest BCUT2D eigenvalue weighted by Crippen LogP contribution is 2.38. The number of benzene rings is 2. The molecule has 0 aliphatic rings. The van der Waals surface area contributed by atoms with E-state index in [-0.39, 0.29) is 22.6 Å². The van der Waals surface area contributed by atoms with Gasteiger partial charge in [0.1, 0.15) is 0 Å². The molecule has 2 aromatic carbocycles. The Bertz CT molecular complexity index is 991. The molecule has 0 aliphatic carbocycles. The first kappa shape index (κ1) is 21.9.